The van der Waals surface area contributed by atoms with Crippen molar-refractivity contribution in [2.24, 2.45) is 0 Å². The van der Waals surface area contributed by atoms with Gasteiger partial charge in [0.15, 0.2) is 0 Å². The number of pyridine rings is 1. The van der Waals surface area contributed by atoms with Crippen molar-refractivity contribution in [3.63, 3.8) is 0 Å². The van der Waals surface area contributed by atoms with Gasteiger partial charge in [-0.1, -0.05) is 47.5 Å². The van der Waals surface area contributed by atoms with Crippen LogP contribution in [0.3, 0.4) is 0 Å². The Kier molecular flexibility index (Phi) is 6.39. The number of carbonyl (C=O) groups is 2. The van der Waals surface area contributed by atoms with Crippen LogP contribution in [0.1, 0.15) is 22.8 Å². The van der Waals surface area contributed by atoms with Crippen LogP contribution in [-0.2, 0) is 11.3 Å². The van der Waals surface area contributed by atoms with Gasteiger partial charge < -0.3 is 10.6 Å². The summed E-state index contributed by atoms with van der Waals surface area (Å²) >= 11 is 12.0. The largest absolute Gasteiger partial charge is 0.350 e. The van der Waals surface area contributed by atoms with E-state index in [9.17, 15) is 9.59 Å². The third-order valence-corrected chi connectivity index (χ3v) is 5.73. The summed E-state index contributed by atoms with van der Waals surface area (Å²) < 4.78 is 1.90. The SMILES string of the molecule is CC(NC(=O)c1cccc(Cl)c1Cl)C(=O)NCc1ccc(-n2cnc3ccccc32)nc1. The Labute approximate surface area is 194 Å². The normalized spacial score (nSPS) is 11.8. The second kappa shape index (κ2) is 9.38. The van der Waals surface area contributed by atoms with Gasteiger partial charge in [0.1, 0.15) is 18.2 Å². The van der Waals surface area contributed by atoms with E-state index < -0.39 is 11.9 Å². The number of para-hydroxylation sites is 2. The maximum absolute atomic E-state index is 12.4. The van der Waals surface area contributed by atoms with Crippen molar-refractivity contribution in [3.8, 4) is 5.82 Å². The Bertz CT molecular complexity index is 1290. The summed E-state index contributed by atoms with van der Waals surface area (Å²) in [6.45, 7) is 1.87. The highest BCUT2D eigenvalue weighted by atomic mass is 35.5. The van der Waals surface area contributed by atoms with Crippen LogP contribution in [0.4, 0.5) is 0 Å². The van der Waals surface area contributed by atoms with Crippen molar-refractivity contribution in [1.82, 2.24) is 25.2 Å². The molecule has 32 heavy (non-hydrogen) atoms. The fourth-order valence-electron chi connectivity index (χ4n) is 3.17. The molecule has 9 heteroatoms. The minimum atomic E-state index is -0.762. The van der Waals surface area contributed by atoms with Gasteiger partial charge in [0.2, 0.25) is 5.91 Å². The summed E-state index contributed by atoms with van der Waals surface area (Å²) in [5.41, 5.74) is 2.89. The van der Waals surface area contributed by atoms with Gasteiger partial charge in [-0.3, -0.25) is 14.2 Å². The number of carbonyl (C=O) groups excluding carboxylic acids is 2. The third kappa shape index (κ3) is 4.59. The summed E-state index contributed by atoms with van der Waals surface area (Å²) in [5.74, 6) is -0.0762. The highest BCUT2D eigenvalue weighted by molar-refractivity contribution is 6.43. The summed E-state index contributed by atoms with van der Waals surface area (Å²) in [7, 11) is 0. The topological polar surface area (TPSA) is 88.9 Å². The molecule has 4 rings (SSSR count). The number of imidazole rings is 1. The van der Waals surface area contributed by atoms with Crippen LogP contribution in [0, 0.1) is 0 Å². The molecule has 2 heterocycles. The van der Waals surface area contributed by atoms with Crippen molar-refractivity contribution in [2.75, 3.05) is 0 Å². The zero-order valence-electron chi connectivity index (χ0n) is 17.0. The summed E-state index contributed by atoms with van der Waals surface area (Å²) in [5, 5.41) is 5.84. The average Bonchev–Trinajstić information content (AvgIpc) is 3.23. The van der Waals surface area contributed by atoms with Crippen LogP contribution >= 0.6 is 23.2 Å². The molecule has 2 aromatic carbocycles. The van der Waals surface area contributed by atoms with E-state index in [2.05, 4.69) is 20.6 Å². The van der Waals surface area contributed by atoms with E-state index in [1.54, 1.807) is 37.6 Å². The van der Waals surface area contributed by atoms with Crippen LogP contribution in [0.25, 0.3) is 16.9 Å². The number of nitrogens with zero attached hydrogens (tertiary/aromatic N) is 3. The van der Waals surface area contributed by atoms with E-state index in [-0.39, 0.29) is 28.1 Å². The molecule has 0 aliphatic carbocycles. The van der Waals surface area contributed by atoms with Crippen LogP contribution in [0.2, 0.25) is 10.0 Å². The quantitative estimate of drug-likeness (QED) is 0.445. The molecule has 2 amide bonds. The molecule has 2 N–H and O–H groups in total. The molecule has 7 nitrogen and oxygen atoms in total. The van der Waals surface area contributed by atoms with E-state index in [0.29, 0.717) is 0 Å². The van der Waals surface area contributed by atoms with Gasteiger partial charge in [-0.2, -0.15) is 0 Å². The molecule has 0 radical (unpaired) electrons. The lowest BCUT2D eigenvalue weighted by molar-refractivity contribution is -0.122. The van der Waals surface area contributed by atoms with Gasteiger partial charge in [0, 0.05) is 12.7 Å². The Morgan fingerprint density at radius 2 is 1.84 bits per heavy atom. The predicted molar refractivity (Wildman–Crippen MR) is 124 cm³/mol. The van der Waals surface area contributed by atoms with Crippen molar-refractivity contribution in [2.45, 2.75) is 19.5 Å². The lowest BCUT2D eigenvalue weighted by Gasteiger charge is -2.15. The van der Waals surface area contributed by atoms with Gasteiger partial charge in [0.25, 0.3) is 5.91 Å². The summed E-state index contributed by atoms with van der Waals surface area (Å²) in [6.07, 6.45) is 3.42. The van der Waals surface area contributed by atoms with E-state index in [1.807, 2.05) is 41.0 Å². The number of hydrogen-bond acceptors (Lipinski definition) is 4. The van der Waals surface area contributed by atoms with Crippen LogP contribution in [0.5, 0.6) is 0 Å². The maximum atomic E-state index is 12.4. The van der Waals surface area contributed by atoms with Crippen molar-refractivity contribution < 1.29 is 9.59 Å². The Hall–Kier alpha value is -3.42. The van der Waals surface area contributed by atoms with Crippen LogP contribution in [-0.4, -0.2) is 32.4 Å². The van der Waals surface area contributed by atoms with Gasteiger partial charge in [-0.15, -0.1) is 0 Å². The number of nitrogens with one attached hydrogen (secondary N) is 2. The zero-order valence-corrected chi connectivity index (χ0v) is 18.6. The first kappa shape index (κ1) is 21.8. The average molecular weight is 468 g/mol. The molecule has 4 aromatic rings. The van der Waals surface area contributed by atoms with Crippen molar-refractivity contribution >= 4 is 46.0 Å². The Morgan fingerprint density at radius 1 is 1.03 bits per heavy atom. The van der Waals surface area contributed by atoms with Gasteiger partial charge in [-0.05, 0) is 42.8 Å². The molecular weight excluding hydrogens is 449 g/mol. The fourth-order valence-corrected chi connectivity index (χ4v) is 3.55. The summed E-state index contributed by atoms with van der Waals surface area (Å²) in [6, 6.07) is 15.5. The lowest BCUT2D eigenvalue weighted by atomic mass is 10.2. The smallest absolute Gasteiger partial charge is 0.253 e. The van der Waals surface area contributed by atoms with Gasteiger partial charge >= 0.3 is 0 Å². The van der Waals surface area contributed by atoms with Gasteiger partial charge in [0.05, 0.1) is 26.6 Å². The lowest BCUT2D eigenvalue weighted by Crippen LogP contribution is -2.44. The number of halogens is 2. The molecule has 0 bridgehead atoms. The number of fused-ring (bicyclic) bond motifs is 1. The highest BCUT2D eigenvalue weighted by Crippen LogP contribution is 2.25. The molecule has 1 unspecified atom stereocenters. The Morgan fingerprint density at radius 3 is 2.62 bits per heavy atom. The van der Waals surface area contributed by atoms with E-state index in [0.717, 1.165) is 22.4 Å². The first-order valence-electron chi connectivity index (χ1n) is 9.84. The van der Waals surface area contributed by atoms with Crippen molar-refractivity contribution in [1.29, 1.82) is 0 Å². The number of aromatic nitrogens is 3. The Balaban J connectivity index is 1.35. The van der Waals surface area contributed by atoms with Crippen molar-refractivity contribution in [3.05, 3.63) is 88.3 Å². The first-order chi connectivity index (χ1) is 15.4. The highest BCUT2D eigenvalue weighted by Gasteiger charge is 2.19. The molecule has 0 spiro atoms. The second-order valence-corrected chi connectivity index (χ2v) is 7.93. The molecule has 0 saturated carbocycles. The number of hydrogen-bond donors (Lipinski definition) is 2. The zero-order chi connectivity index (χ0) is 22.7. The van der Waals surface area contributed by atoms with E-state index in [1.165, 1.54) is 0 Å². The van der Waals surface area contributed by atoms with Gasteiger partial charge in [-0.25, -0.2) is 9.97 Å². The standard InChI is InChI=1S/C23H19Cl2N5O2/c1-14(29-23(32)16-5-4-6-17(24)21(16)25)22(31)27-12-15-9-10-20(26-11-15)30-13-28-18-7-2-3-8-19(18)30/h2-11,13-14H,12H2,1H3,(H,27,31)(H,29,32). The molecule has 1 atom stereocenters. The first-order valence-corrected chi connectivity index (χ1v) is 10.6. The molecule has 2 aromatic heterocycles. The number of amides is 2. The molecular formula is C23H19Cl2N5O2. The predicted octanol–water partition coefficient (Wildman–Crippen LogP) is 4.16. The molecule has 0 saturated heterocycles. The number of benzene rings is 2. The molecule has 0 aliphatic rings. The van der Waals surface area contributed by atoms with E-state index >= 15 is 0 Å². The molecule has 0 fully saturated rings. The molecule has 162 valence electrons. The van der Waals surface area contributed by atoms with Crippen LogP contribution < -0.4 is 10.6 Å². The third-order valence-electron chi connectivity index (χ3n) is 4.91. The second-order valence-electron chi connectivity index (χ2n) is 7.14. The fraction of sp³-hybridized carbons (Fsp3) is 0.130. The monoisotopic (exact) mass is 467 g/mol. The van der Waals surface area contributed by atoms with E-state index in [4.69, 9.17) is 23.2 Å². The minimum Gasteiger partial charge on any atom is -0.350 e. The van der Waals surface area contributed by atoms with Crippen LogP contribution in [0.15, 0.2) is 67.1 Å². The summed E-state index contributed by atoms with van der Waals surface area (Å²) in [4.78, 5) is 33.7. The minimum absolute atomic E-state index is 0.149. The molecule has 0 aliphatic heterocycles. The maximum Gasteiger partial charge on any atom is 0.253 e. The number of rotatable bonds is 6.